The normalized spacial score (nSPS) is 27.9. The lowest BCUT2D eigenvalue weighted by Gasteiger charge is -2.41. The number of hydrogen-bond donors (Lipinski definition) is 1. The maximum atomic E-state index is 15.7. The standard InChI is InChI=1S/C55H70F2N10O6/c1-7-65-45-15-14-36-26-40(45)42(49(65)41-27-37(30-59-46(41)34(3)71-6)63-22-20-62(21-23-63)35-12-13-35)29-54(4,5)32-73-53(70)43-11-9-18-67(61-43)52(69)44(28-38-31-64(36)24-25-72-38)60-51(68)48-33(2)39-10-8-17-58-47(39)50-55(56,57)16-19-66(48)50/h8,10,14-15,17,26-27,30,33-35,38,43,48,50,61H,7,9,11-13,16,18-25,28-29,31-32H2,1-6H3/t33?,34-,38-,43-,48-,50-/m0/s1. The van der Waals surface area contributed by atoms with Crippen LogP contribution in [0.1, 0.15) is 114 Å². The van der Waals surface area contributed by atoms with Gasteiger partial charge in [0.2, 0.25) is 0 Å². The minimum Gasteiger partial charge on any atom is -0.464 e. The number of carbonyl (C=O) groups is 3. The van der Waals surface area contributed by atoms with E-state index in [0.717, 1.165) is 77.0 Å². The molecule has 6 bridgehead atoms. The van der Waals surface area contributed by atoms with Crippen LogP contribution in [0.15, 0.2) is 53.8 Å². The Morgan fingerprint density at radius 2 is 1.81 bits per heavy atom. The van der Waals surface area contributed by atoms with Crippen molar-refractivity contribution >= 4 is 45.8 Å². The van der Waals surface area contributed by atoms with Crippen LogP contribution >= 0.6 is 0 Å². The van der Waals surface area contributed by atoms with Crippen molar-refractivity contribution < 1.29 is 37.4 Å². The number of aryl methyl sites for hydroxylation is 1. The van der Waals surface area contributed by atoms with Crippen LogP contribution in [0, 0.1) is 5.41 Å². The highest BCUT2D eigenvalue weighted by Gasteiger charge is 2.58. The van der Waals surface area contributed by atoms with Gasteiger partial charge in [0.15, 0.2) is 0 Å². The van der Waals surface area contributed by atoms with Crippen molar-refractivity contribution in [1.82, 2.24) is 34.8 Å². The Morgan fingerprint density at radius 1 is 1.00 bits per heavy atom. The van der Waals surface area contributed by atoms with Crippen LogP contribution in [0.4, 0.5) is 20.2 Å². The molecule has 1 unspecified atom stereocenters. The number of nitrogens with one attached hydrogen (secondary N) is 1. The summed E-state index contributed by atoms with van der Waals surface area (Å²) in [6.07, 6.45) is 6.30. The zero-order chi connectivity index (χ0) is 50.9. The number of benzene rings is 1. The minimum atomic E-state index is -3.11. The Balaban J connectivity index is 0.984. The third-order valence-electron chi connectivity index (χ3n) is 16.6. The van der Waals surface area contributed by atoms with E-state index in [1.54, 1.807) is 19.2 Å². The second kappa shape index (κ2) is 19.7. The number of carbonyl (C=O) groups excluding carboxylic acids is 3. The zero-order valence-electron chi connectivity index (χ0n) is 43.1. The van der Waals surface area contributed by atoms with E-state index in [9.17, 15) is 14.4 Å². The van der Waals surface area contributed by atoms with E-state index in [-0.39, 0.29) is 43.6 Å². The summed E-state index contributed by atoms with van der Waals surface area (Å²) in [4.78, 5) is 66.7. The fourth-order valence-corrected chi connectivity index (χ4v) is 12.6. The number of anilines is 2. The third-order valence-corrected chi connectivity index (χ3v) is 16.6. The van der Waals surface area contributed by atoms with Crippen molar-refractivity contribution in [2.45, 2.75) is 134 Å². The maximum absolute atomic E-state index is 15.7. The van der Waals surface area contributed by atoms with Crippen LogP contribution in [0.5, 0.6) is 0 Å². The minimum absolute atomic E-state index is 0.0218. The van der Waals surface area contributed by atoms with Crippen molar-refractivity contribution in [1.29, 1.82) is 0 Å². The first-order valence-corrected chi connectivity index (χ1v) is 26.6. The van der Waals surface area contributed by atoms with E-state index in [1.165, 1.54) is 28.9 Å². The number of ether oxygens (including phenoxy) is 3. The predicted octanol–water partition coefficient (Wildman–Crippen LogP) is 6.86. The molecule has 5 fully saturated rings. The number of hydrogen-bond acceptors (Lipinski definition) is 13. The summed E-state index contributed by atoms with van der Waals surface area (Å²) in [5.74, 6) is -5.35. The summed E-state index contributed by atoms with van der Waals surface area (Å²) in [7, 11) is 1.72. The van der Waals surface area contributed by atoms with E-state index >= 15 is 8.78 Å². The number of esters is 1. The SMILES string of the molecule is CCn1c(-c2cc(N3CCN(C4CC4)CC3)cnc2[C@H](C)OC)c2c3cc(ccc31)N1CCO[C@@H](CC(=NC(=O)[C@@H]3C(C)c4cccnc4[C@@H]4N3CCC4(F)F)C(=O)N3CCC[C@H](N3)C(=O)OCC(C)(C)C2)C1. The molecule has 3 aromatic heterocycles. The molecule has 73 heavy (non-hydrogen) atoms. The molecule has 0 radical (unpaired) electrons. The number of aliphatic imine (C=N–C) groups is 1. The average Bonchev–Trinajstić information content (AvgIpc) is 4.15. The first-order valence-electron chi connectivity index (χ1n) is 26.6. The first-order chi connectivity index (χ1) is 35.1. The van der Waals surface area contributed by atoms with Gasteiger partial charge in [-0.15, -0.1) is 0 Å². The molecular formula is C55H70F2N10O6. The largest absolute Gasteiger partial charge is 0.464 e. The molecule has 11 rings (SSSR count). The number of methoxy groups -OCH3 is 1. The van der Waals surface area contributed by atoms with Crippen LogP contribution < -0.4 is 15.2 Å². The average molecular weight is 1010 g/mol. The van der Waals surface area contributed by atoms with Crippen molar-refractivity contribution in [2.75, 3.05) is 82.5 Å². The molecule has 1 N–H and O–H groups in total. The van der Waals surface area contributed by atoms with Gasteiger partial charge < -0.3 is 28.6 Å². The van der Waals surface area contributed by atoms with Gasteiger partial charge in [-0.25, -0.2) is 19.2 Å². The lowest BCUT2D eigenvalue weighted by atomic mass is 9.83. The molecule has 390 valence electrons. The Hall–Kier alpha value is -5.40. The molecule has 1 aromatic carbocycles. The number of aromatic nitrogens is 3. The third kappa shape index (κ3) is 9.44. The summed E-state index contributed by atoms with van der Waals surface area (Å²) in [5, 5.41) is 2.44. The summed E-state index contributed by atoms with van der Waals surface area (Å²) in [5.41, 5.74) is 10.6. The van der Waals surface area contributed by atoms with E-state index in [4.69, 9.17) is 19.2 Å². The Kier molecular flexibility index (Phi) is 13.4. The summed E-state index contributed by atoms with van der Waals surface area (Å²) < 4.78 is 52.4. The molecule has 1 saturated carbocycles. The summed E-state index contributed by atoms with van der Waals surface area (Å²) in [6, 6.07) is 9.80. The molecule has 2 amide bonds. The van der Waals surface area contributed by atoms with E-state index < -0.39 is 65.7 Å². The van der Waals surface area contributed by atoms with Gasteiger partial charge in [-0.05, 0) is 87.4 Å². The quantitative estimate of drug-likeness (QED) is 0.192. The fraction of sp³-hybridized carbons (Fsp3) is 0.600. The number of cyclic esters (lactones) is 1. The highest BCUT2D eigenvalue weighted by atomic mass is 19.3. The van der Waals surface area contributed by atoms with Crippen molar-refractivity contribution in [2.24, 2.45) is 10.4 Å². The zero-order valence-corrected chi connectivity index (χ0v) is 43.1. The van der Waals surface area contributed by atoms with Gasteiger partial charge in [-0.3, -0.25) is 39.2 Å². The molecular weight excluding hydrogens is 935 g/mol. The number of alkyl halides is 2. The molecule has 0 spiro atoms. The van der Waals surface area contributed by atoms with Crippen molar-refractivity contribution in [3.63, 3.8) is 0 Å². The smallest absolute Gasteiger partial charge is 0.324 e. The number of nitrogens with zero attached hydrogens (tertiary/aromatic N) is 9. The van der Waals surface area contributed by atoms with Crippen LogP contribution in [-0.4, -0.2) is 156 Å². The maximum Gasteiger partial charge on any atom is 0.324 e. The predicted molar refractivity (Wildman–Crippen MR) is 274 cm³/mol. The molecule has 6 atom stereocenters. The Labute approximate surface area is 426 Å². The van der Waals surface area contributed by atoms with E-state index in [1.807, 2.05) is 20.0 Å². The highest BCUT2D eigenvalue weighted by Crippen LogP contribution is 2.52. The fourth-order valence-electron chi connectivity index (χ4n) is 12.6. The van der Waals surface area contributed by atoms with Gasteiger partial charge in [0.05, 0.1) is 60.4 Å². The second-order valence-electron chi connectivity index (χ2n) is 22.2. The van der Waals surface area contributed by atoms with Crippen molar-refractivity contribution in [3.8, 4) is 11.3 Å². The number of piperazine rings is 1. The molecule has 4 aromatic rings. The van der Waals surface area contributed by atoms with E-state index in [0.29, 0.717) is 51.1 Å². The van der Waals surface area contributed by atoms with Gasteiger partial charge in [-0.1, -0.05) is 26.8 Å². The second-order valence-corrected chi connectivity index (χ2v) is 22.2. The first kappa shape index (κ1) is 49.8. The molecule has 7 aliphatic rings. The molecule has 4 saturated heterocycles. The molecule has 9 heterocycles. The van der Waals surface area contributed by atoms with Gasteiger partial charge in [0, 0.05) is 125 Å². The molecule has 18 heteroatoms. The number of amides is 2. The van der Waals surface area contributed by atoms with Crippen LogP contribution in [0.2, 0.25) is 0 Å². The highest BCUT2D eigenvalue weighted by molar-refractivity contribution is 6.40. The van der Waals surface area contributed by atoms with E-state index in [2.05, 4.69) is 79.7 Å². The summed E-state index contributed by atoms with van der Waals surface area (Å²) >= 11 is 0. The number of pyridine rings is 2. The number of hydrazine groups is 1. The molecule has 1 aliphatic carbocycles. The number of morpholine rings is 1. The lowest BCUT2D eigenvalue weighted by molar-refractivity contribution is -0.153. The molecule has 16 nitrogen and oxygen atoms in total. The molecule has 6 aliphatic heterocycles. The Morgan fingerprint density at radius 3 is 2.58 bits per heavy atom. The monoisotopic (exact) mass is 1000 g/mol. The lowest BCUT2D eigenvalue weighted by Crippen LogP contribution is -2.58. The topological polar surface area (TPSA) is 150 Å². The summed E-state index contributed by atoms with van der Waals surface area (Å²) in [6.45, 7) is 16.6. The number of halogens is 2. The van der Waals surface area contributed by atoms with Gasteiger partial charge >= 0.3 is 5.97 Å². The number of fused-ring (bicyclic) bond motifs is 9. The Bertz CT molecular complexity index is 2810. The van der Waals surface area contributed by atoms with Crippen LogP contribution in [0.3, 0.4) is 0 Å². The van der Waals surface area contributed by atoms with Crippen LogP contribution in [-0.2, 0) is 41.6 Å². The van der Waals surface area contributed by atoms with Crippen LogP contribution in [0.25, 0.3) is 22.2 Å². The van der Waals surface area contributed by atoms with Gasteiger partial charge in [0.25, 0.3) is 17.7 Å². The van der Waals surface area contributed by atoms with Gasteiger partial charge in [0.1, 0.15) is 17.8 Å². The van der Waals surface area contributed by atoms with Gasteiger partial charge in [-0.2, -0.15) is 0 Å². The number of rotatable bonds is 7. The van der Waals surface area contributed by atoms with Crippen molar-refractivity contribution in [3.05, 3.63) is 71.3 Å².